The van der Waals surface area contributed by atoms with Crippen LogP contribution in [0.25, 0.3) is 0 Å². The molecule has 0 bridgehead atoms. The molecule has 0 N–H and O–H groups in total. The molecule has 0 aliphatic carbocycles. The minimum absolute atomic E-state index is 0.0561. The molecule has 0 fully saturated rings. The molecule has 0 rings (SSSR count). The van der Waals surface area contributed by atoms with Crippen LogP contribution in [0.15, 0.2) is 36.5 Å². The van der Waals surface area contributed by atoms with Gasteiger partial charge in [0.2, 0.25) is 0 Å². The molecule has 12 nitrogen and oxygen atoms in total. The Bertz CT molecular complexity index is 1310. The van der Waals surface area contributed by atoms with Crippen LogP contribution in [-0.2, 0) is 52.2 Å². The fourth-order valence-electron chi connectivity index (χ4n) is 8.45. The van der Waals surface area contributed by atoms with Crippen LogP contribution in [0.1, 0.15) is 285 Å². The maximum absolute atomic E-state index is 13.4. The molecule has 0 heterocycles. The molecule has 0 spiro atoms. The molecule has 422 valence electrons. The number of esters is 3. The molecule has 0 radical (unpaired) electrons. The van der Waals surface area contributed by atoms with Gasteiger partial charge in [-0.1, -0.05) is 117 Å². The van der Waals surface area contributed by atoms with Crippen molar-refractivity contribution in [3.63, 3.8) is 0 Å². The summed E-state index contributed by atoms with van der Waals surface area (Å²) in [4.78, 5) is 78.1. The monoisotopic (exact) mass is 1140 g/mol. The van der Waals surface area contributed by atoms with E-state index in [1.807, 2.05) is 0 Å². The number of hydrogen-bond donors (Lipinski definition) is 0. The van der Waals surface area contributed by atoms with Crippen molar-refractivity contribution in [2.45, 2.75) is 289 Å². The van der Waals surface area contributed by atoms with Crippen LogP contribution in [0, 0.1) is 0 Å². The molecule has 0 saturated carbocycles. The number of rotatable bonds is 53. The van der Waals surface area contributed by atoms with Crippen molar-refractivity contribution >= 4 is 55.4 Å². The summed E-state index contributed by atoms with van der Waals surface area (Å²) in [6.45, 7) is 9.44. The molecule has 0 amide bonds. The molecule has 0 atom stereocenters. The van der Waals surface area contributed by atoms with E-state index >= 15 is 0 Å². The predicted molar refractivity (Wildman–Crippen MR) is 297 cm³/mol. The first-order valence-corrected chi connectivity index (χ1v) is 35.4. The van der Waals surface area contributed by atoms with E-state index in [1.165, 1.54) is 141 Å². The predicted octanol–water partition coefficient (Wildman–Crippen LogP) is 16.5. The SMILES string of the molecule is CCCCCCCCCCCCOC(=O)C=CC(=O)[O][Sn]([CH2]CCCCCCCCCCC)([O]C(=O)/C=C\C(=O)OCCCCCCCCCCCC)[O]C(=O)/C=C\C(=O)OCCCCCCCCCCCC. The van der Waals surface area contributed by atoms with Crippen LogP contribution in [0.2, 0.25) is 4.44 Å². The van der Waals surface area contributed by atoms with Gasteiger partial charge in [-0.15, -0.1) is 0 Å². The first-order chi connectivity index (χ1) is 35.6. The molecule has 0 aromatic heterocycles. The smallest absolute Gasteiger partial charge is 0.0654 e. The summed E-state index contributed by atoms with van der Waals surface area (Å²) in [5, 5.41) is 0. The summed E-state index contributed by atoms with van der Waals surface area (Å²) in [5.74, 6) is -5.39. The normalized spacial score (nSPS) is 11.7. The zero-order valence-corrected chi connectivity index (χ0v) is 49.8. The molecule has 0 saturated heterocycles. The second-order valence-electron chi connectivity index (χ2n) is 19.9. The Morgan fingerprint density at radius 1 is 0.247 bits per heavy atom. The van der Waals surface area contributed by atoms with Crippen LogP contribution >= 0.6 is 0 Å². The van der Waals surface area contributed by atoms with E-state index < -0.39 is 55.4 Å². The third-order valence-electron chi connectivity index (χ3n) is 12.9. The average molecular weight is 1140 g/mol. The van der Waals surface area contributed by atoms with Crippen molar-refractivity contribution in [3.8, 4) is 0 Å². The molecule has 0 aliphatic heterocycles. The van der Waals surface area contributed by atoms with Crippen molar-refractivity contribution < 1.29 is 52.2 Å². The van der Waals surface area contributed by atoms with Gasteiger partial charge < -0.3 is 0 Å². The Labute approximate surface area is 450 Å². The Morgan fingerprint density at radius 3 is 0.644 bits per heavy atom. The Balaban J connectivity index is 5.80. The summed E-state index contributed by atoms with van der Waals surface area (Å²) in [5.41, 5.74) is 0. The summed E-state index contributed by atoms with van der Waals surface area (Å²) in [6.07, 6.45) is 49.5. The fourth-order valence-corrected chi connectivity index (χ4v) is 14.8. The number of carbonyl (C=O) groups is 6. The van der Waals surface area contributed by atoms with Crippen molar-refractivity contribution in [1.29, 1.82) is 0 Å². The summed E-state index contributed by atoms with van der Waals surface area (Å²) < 4.78 is 33.4. The van der Waals surface area contributed by atoms with Crippen LogP contribution in [-0.4, -0.2) is 75.3 Å². The topological polar surface area (TPSA) is 158 Å². The van der Waals surface area contributed by atoms with Gasteiger partial charge in [-0.25, -0.2) is 0 Å². The molecular weight excluding hydrogens is 1030 g/mol. The van der Waals surface area contributed by atoms with Gasteiger partial charge >= 0.3 is 336 Å². The van der Waals surface area contributed by atoms with Crippen LogP contribution < -0.4 is 0 Å². The van der Waals surface area contributed by atoms with E-state index in [1.54, 1.807) is 0 Å². The van der Waals surface area contributed by atoms with Crippen molar-refractivity contribution in [3.05, 3.63) is 36.5 Å². The molecule has 0 aromatic carbocycles. The number of unbranched alkanes of at least 4 members (excludes halogenated alkanes) is 36. The second kappa shape index (κ2) is 53.7. The second-order valence-corrected chi connectivity index (χ2v) is 27.0. The Kier molecular flexibility index (Phi) is 51.3. The van der Waals surface area contributed by atoms with Crippen LogP contribution in [0.5, 0.6) is 0 Å². The van der Waals surface area contributed by atoms with Gasteiger partial charge in [0.15, 0.2) is 0 Å². The maximum atomic E-state index is 13.4. The molecule has 13 heteroatoms. The first kappa shape index (κ1) is 69.8. The molecule has 0 unspecified atom stereocenters. The fraction of sp³-hybridized carbons (Fsp3) is 0.800. The van der Waals surface area contributed by atoms with Gasteiger partial charge in [0, 0.05) is 0 Å². The van der Waals surface area contributed by atoms with E-state index in [9.17, 15) is 28.8 Å². The molecule has 0 aliphatic rings. The van der Waals surface area contributed by atoms with Gasteiger partial charge in [-0.05, 0) is 0 Å². The van der Waals surface area contributed by atoms with E-state index in [2.05, 4.69) is 27.7 Å². The standard InChI is InChI=1S/3C16H28O4.C12H25.Sn/c3*1-2-3-4-5-6-7-8-9-10-11-14-20-16(19)13-12-15(17)18;1-3-5-7-9-11-12-10-8-6-4-2;/h3*12-13H,2-11,14H2,1H3,(H,17,18);1,3-12H2,2H3;/q;;;;+3/p-3/b2*13-12-;;;. The van der Waals surface area contributed by atoms with Gasteiger partial charge in [-0.3, -0.25) is 0 Å². The minimum Gasteiger partial charge on any atom is -0.0654 e. The van der Waals surface area contributed by atoms with Crippen molar-refractivity contribution in [2.75, 3.05) is 19.8 Å². The van der Waals surface area contributed by atoms with Crippen LogP contribution in [0.4, 0.5) is 0 Å². The molecular formula is C60H106O12Sn. The zero-order chi connectivity index (χ0) is 53.6. The quantitative estimate of drug-likeness (QED) is 0.0187. The summed E-state index contributed by atoms with van der Waals surface area (Å²) >= 11 is -5.65. The van der Waals surface area contributed by atoms with E-state index in [0.717, 1.165) is 120 Å². The minimum atomic E-state index is -5.65. The van der Waals surface area contributed by atoms with Gasteiger partial charge in [0.25, 0.3) is 0 Å². The van der Waals surface area contributed by atoms with Crippen LogP contribution in [0.3, 0.4) is 0 Å². The average Bonchev–Trinajstić information content (AvgIpc) is 3.37. The first-order valence-electron chi connectivity index (χ1n) is 29.8. The molecule has 73 heavy (non-hydrogen) atoms. The van der Waals surface area contributed by atoms with Crippen molar-refractivity contribution in [1.82, 2.24) is 0 Å². The van der Waals surface area contributed by atoms with Gasteiger partial charge in [0.05, 0.1) is 0 Å². The Hall–Kier alpha value is -3.16. The van der Waals surface area contributed by atoms with E-state index in [4.69, 9.17) is 23.4 Å². The number of ether oxygens (including phenoxy) is 3. The van der Waals surface area contributed by atoms with Gasteiger partial charge in [0.1, 0.15) is 0 Å². The molecule has 0 aromatic rings. The van der Waals surface area contributed by atoms with Crippen molar-refractivity contribution in [2.24, 2.45) is 0 Å². The van der Waals surface area contributed by atoms with E-state index in [0.29, 0.717) is 32.1 Å². The number of carbonyl (C=O) groups excluding carboxylic acids is 6. The third-order valence-corrected chi connectivity index (χ3v) is 20.0. The third kappa shape index (κ3) is 49.5. The van der Waals surface area contributed by atoms with Gasteiger partial charge in [-0.2, -0.15) is 0 Å². The number of hydrogen-bond acceptors (Lipinski definition) is 12. The summed E-state index contributed by atoms with van der Waals surface area (Å²) in [6, 6.07) is 0. The Morgan fingerprint density at radius 2 is 0.425 bits per heavy atom. The summed E-state index contributed by atoms with van der Waals surface area (Å²) in [7, 11) is 0. The van der Waals surface area contributed by atoms with E-state index in [-0.39, 0.29) is 24.3 Å². The zero-order valence-electron chi connectivity index (χ0n) is 47.0.